The molecule has 100 valence electrons. The van der Waals surface area contributed by atoms with Crippen molar-refractivity contribution >= 4 is 6.03 Å². The lowest BCUT2D eigenvalue weighted by Crippen LogP contribution is -2.53. The zero-order valence-corrected chi connectivity index (χ0v) is 10.9. The van der Waals surface area contributed by atoms with Crippen molar-refractivity contribution < 1.29 is 9.53 Å². The number of nitrogens with one attached hydrogen (secondary N) is 1. The summed E-state index contributed by atoms with van der Waals surface area (Å²) in [5, 5.41) is 7.11. The van der Waals surface area contributed by atoms with Crippen LogP contribution in [-0.2, 0) is 11.3 Å². The van der Waals surface area contributed by atoms with Crippen LogP contribution in [-0.4, -0.2) is 52.6 Å². The number of carbonyl (C=O) groups excluding carboxylic acids is 1. The van der Waals surface area contributed by atoms with Crippen LogP contribution in [0, 0.1) is 0 Å². The molecule has 0 aliphatic carbocycles. The number of hydrogen-bond acceptors (Lipinski definition) is 3. The number of nitrogens with zero attached hydrogens (tertiary/aromatic N) is 3. The predicted molar refractivity (Wildman–Crippen MR) is 67.2 cm³/mol. The van der Waals surface area contributed by atoms with E-state index in [1.165, 1.54) is 0 Å². The van der Waals surface area contributed by atoms with Crippen molar-refractivity contribution in [2.45, 2.75) is 32.5 Å². The molecule has 2 atom stereocenters. The first-order valence-electron chi connectivity index (χ1n) is 6.29. The van der Waals surface area contributed by atoms with Gasteiger partial charge in [0.2, 0.25) is 0 Å². The lowest BCUT2D eigenvalue weighted by Gasteiger charge is -2.34. The van der Waals surface area contributed by atoms with E-state index in [9.17, 15) is 4.79 Å². The van der Waals surface area contributed by atoms with Gasteiger partial charge in [-0.05, 0) is 19.9 Å². The molecule has 18 heavy (non-hydrogen) atoms. The van der Waals surface area contributed by atoms with Crippen molar-refractivity contribution in [3.63, 3.8) is 0 Å². The molecule has 1 N–H and O–H groups in total. The quantitative estimate of drug-likeness (QED) is 0.861. The van der Waals surface area contributed by atoms with Gasteiger partial charge in [0.1, 0.15) is 0 Å². The Labute approximate surface area is 107 Å². The smallest absolute Gasteiger partial charge is 0.318 e. The maximum Gasteiger partial charge on any atom is 0.318 e. The van der Waals surface area contributed by atoms with Crippen LogP contribution < -0.4 is 5.32 Å². The SMILES string of the molecule is C[C@@H]1COCCN1C(=O)N[C@@H](C)Cn1cccn1. The fraction of sp³-hybridized carbons (Fsp3) is 0.667. The van der Waals surface area contributed by atoms with E-state index in [0.717, 1.165) is 0 Å². The number of carbonyl (C=O) groups is 1. The molecule has 0 saturated carbocycles. The second-order valence-electron chi connectivity index (χ2n) is 4.70. The Morgan fingerprint density at radius 2 is 2.50 bits per heavy atom. The fourth-order valence-corrected chi connectivity index (χ4v) is 2.06. The van der Waals surface area contributed by atoms with Gasteiger partial charge in [0, 0.05) is 25.0 Å². The fourth-order valence-electron chi connectivity index (χ4n) is 2.06. The van der Waals surface area contributed by atoms with Crippen molar-refractivity contribution in [1.82, 2.24) is 20.0 Å². The van der Waals surface area contributed by atoms with Crippen molar-refractivity contribution in [3.8, 4) is 0 Å². The summed E-state index contributed by atoms with van der Waals surface area (Å²) in [7, 11) is 0. The molecule has 0 aromatic carbocycles. The van der Waals surface area contributed by atoms with Crippen molar-refractivity contribution in [3.05, 3.63) is 18.5 Å². The average molecular weight is 252 g/mol. The molecule has 1 aromatic rings. The topological polar surface area (TPSA) is 59.4 Å². The van der Waals surface area contributed by atoms with Crippen LogP contribution in [0.25, 0.3) is 0 Å². The zero-order chi connectivity index (χ0) is 13.0. The van der Waals surface area contributed by atoms with Gasteiger partial charge in [-0.15, -0.1) is 0 Å². The minimum atomic E-state index is -0.0227. The number of aromatic nitrogens is 2. The van der Waals surface area contributed by atoms with Gasteiger partial charge in [0.15, 0.2) is 0 Å². The molecule has 1 aromatic heterocycles. The van der Waals surface area contributed by atoms with E-state index in [1.807, 2.05) is 35.7 Å². The molecule has 2 heterocycles. The summed E-state index contributed by atoms with van der Waals surface area (Å²) in [6.45, 7) is 6.53. The Morgan fingerprint density at radius 3 is 3.17 bits per heavy atom. The summed E-state index contributed by atoms with van der Waals surface area (Å²) in [5.74, 6) is 0. The van der Waals surface area contributed by atoms with Gasteiger partial charge in [-0.25, -0.2) is 4.79 Å². The summed E-state index contributed by atoms with van der Waals surface area (Å²) < 4.78 is 7.13. The van der Waals surface area contributed by atoms with Crippen LogP contribution in [0.5, 0.6) is 0 Å². The molecule has 1 aliphatic rings. The molecule has 0 bridgehead atoms. The molecular formula is C12H20N4O2. The minimum absolute atomic E-state index is 0.0227. The van der Waals surface area contributed by atoms with Gasteiger partial charge in [-0.2, -0.15) is 5.10 Å². The van der Waals surface area contributed by atoms with Crippen molar-refractivity contribution in [2.24, 2.45) is 0 Å². The molecule has 1 saturated heterocycles. The maximum absolute atomic E-state index is 12.1. The second-order valence-corrected chi connectivity index (χ2v) is 4.70. The molecule has 6 nitrogen and oxygen atoms in total. The van der Waals surface area contributed by atoms with Gasteiger partial charge < -0.3 is 15.0 Å². The number of ether oxygens (including phenoxy) is 1. The predicted octanol–water partition coefficient (Wildman–Crippen LogP) is 0.702. The molecule has 1 aliphatic heterocycles. The largest absolute Gasteiger partial charge is 0.377 e. The van der Waals surface area contributed by atoms with Crippen molar-refractivity contribution in [2.75, 3.05) is 19.8 Å². The highest BCUT2D eigenvalue weighted by molar-refractivity contribution is 5.74. The van der Waals surface area contributed by atoms with Gasteiger partial charge in [-0.3, -0.25) is 4.68 Å². The third-order valence-corrected chi connectivity index (χ3v) is 3.02. The minimum Gasteiger partial charge on any atom is -0.377 e. The Morgan fingerprint density at radius 1 is 1.67 bits per heavy atom. The summed E-state index contributed by atoms with van der Waals surface area (Å²) >= 11 is 0. The van der Waals surface area contributed by atoms with Crippen LogP contribution in [0.15, 0.2) is 18.5 Å². The normalized spacial score (nSPS) is 21.7. The van der Waals surface area contributed by atoms with E-state index in [-0.39, 0.29) is 18.1 Å². The number of rotatable bonds is 3. The van der Waals surface area contributed by atoms with E-state index in [1.54, 1.807) is 6.20 Å². The summed E-state index contributed by atoms with van der Waals surface area (Å²) in [5.41, 5.74) is 0. The van der Waals surface area contributed by atoms with Crippen LogP contribution in [0.4, 0.5) is 4.79 Å². The molecular weight excluding hydrogens is 232 g/mol. The standard InChI is InChI=1S/C12H20N4O2/c1-10(8-15-5-3-4-13-15)14-12(17)16-6-7-18-9-11(16)2/h3-5,10-11H,6-9H2,1-2H3,(H,14,17)/t10-,11+/m0/s1. The first-order valence-corrected chi connectivity index (χ1v) is 6.29. The molecule has 6 heteroatoms. The van der Waals surface area contributed by atoms with E-state index < -0.39 is 0 Å². The van der Waals surface area contributed by atoms with E-state index >= 15 is 0 Å². The molecule has 0 unspecified atom stereocenters. The zero-order valence-electron chi connectivity index (χ0n) is 10.9. The monoisotopic (exact) mass is 252 g/mol. The van der Waals surface area contributed by atoms with Gasteiger partial charge in [-0.1, -0.05) is 0 Å². The highest BCUT2D eigenvalue weighted by Gasteiger charge is 2.24. The average Bonchev–Trinajstić information content (AvgIpc) is 2.82. The lowest BCUT2D eigenvalue weighted by atomic mass is 10.2. The lowest BCUT2D eigenvalue weighted by molar-refractivity contribution is 0.0184. The molecule has 0 radical (unpaired) electrons. The number of amides is 2. The Balaban J connectivity index is 1.82. The summed E-state index contributed by atoms with van der Waals surface area (Å²) in [4.78, 5) is 13.9. The van der Waals surface area contributed by atoms with Crippen LogP contribution in [0.3, 0.4) is 0 Å². The Kier molecular flexibility index (Phi) is 4.19. The third-order valence-electron chi connectivity index (χ3n) is 3.02. The van der Waals surface area contributed by atoms with Crippen molar-refractivity contribution in [1.29, 1.82) is 0 Å². The highest BCUT2D eigenvalue weighted by Crippen LogP contribution is 2.06. The number of urea groups is 1. The summed E-state index contributed by atoms with van der Waals surface area (Å²) in [6, 6.07) is 2.03. The molecule has 1 fully saturated rings. The van der Waals surface area contributed by atoms with Crippen LogP contribution in [0.1, 0.15) is 13.8 Å². The molecule has 2 amide bonds. The maximum atomic E-state index is 12.1. The second kappa shape index (κ2) is 5.86. The van der Waals surface area contributed by atoms with Crippen LogP contribution in [0.2, 0.25) is 0 Å². The van der Waals surface area contributed by atoms with E-state index in [0.29, 0.717) is 26.3 Å². The Bertz CT molecular complexity index is 379. The summed E-state index contributed by atoms with van der Waals surface area (Å²) in [6.07, 6.45) is 3.62. The van der Waals surface area contributed by atoms with E-state index in [2.05, 4.69) is 10.4 Å². The van der Waals surface area contributed by atoms with E-state index in [4.69, 9.17) is 4.74 Å². The number of hydrogen-bond donors (Lipinski definition) is 1. The first-order chi connectivity index (χ1) is 8.66. The highest BCUT2D eigenvalue weighted by atomic mass is 16.5. The van der Waals surface area contributed by atoms with Gasteiger partial charge >= 0.3 is 6.03 Å². The molecule has 2 rings (SSSR count). The molecule has 0 spiro atoms. The Hall–Kier alpha value is -1.56. The first kappa shape index (κ1) is 12.9. The van der Waals surface area contributed by atoms with Gasteiger partial charge in [0.25, 0.3) is 0 Å². The van der Waals surface area contributed by atoms with Gasteiger partial charge in [0.05, 0.1) is 25.8 Å². The van der Waals surface area contributed by atoms with Crippen LogP contribution >= 0.6 is 0 Å². The number of morpholine rings is 1. The third kappa shape index (κ3) is 3.22.